The molecule has 0 aromatic heterocycles. The molecule has 1 saturated heterocycles. The van der Waals surface area contributed by atoms with Crippen molar-refractivity contribution >= 4 is 5.97 Å². The molecule has 0 radical (unpaired) electrons. The minimum absolute atomic E-state index is 0.146. The van der Waals surface area contributed by atoms with Crippen LogP contribution in [0.4, 0.5) is 0 Å². The van der Waals surface area contributed by atoms with Crippen LogP contribution in [-0.4, -0.2) is 47.3 Å². The molecule has 1 heterocycles. The van der Waals surface area contributed by atoms with Gasteiger partial charge in [0.05, 0.1) is 0 Å². The molecule has 0 saturated carbocycles. The Kier molecular flexibility index (Phi) is 5.60. The van der Waals surface area contributed by atoms with Crippen LogP contribution in [0.3, 0.4) is 0 Å². The Morgan fingerprint density at radius 2 is 2.17 bits per heavy atom. The normalized spacial score (nSPS) is 23.7. The van der Waals surface area contributed by atoms with Crippen molar-refractivity contribution in [1.29, 1.82) is 0 Å². The molecule has 1 rings (SSSR count). The molecule has 0 bridgehead atoms. The van der Waals surface area contributed by atoms with Crippen molar-refractivity contribution in [2.75, 3.05) is 19.7 Å². The molecule has 4 heteroatoms. The van der Waals surface area contributed by atoms with E-state index in [0.29, 0.717) is 5.92 Å². The van der Waals surface area contributed by atoms with Gasteiger partial charge in [-0.15, -0.1) is 0 Å². The first-order valence-electron chi connectivity index (χ1n) is 6.91. The van der Waals surface area contributed by atoms with Gasteiger partial charge in [-0.25, -0.2) is 0 Å². The van der Waals surface area contributed by atoms with Crippen molar-refractivity contribution in [3.05, 3.63) is 0 Å². The Balaban J connectivity index is 2.50. The van der Waals surface area contributed by atoms with E-state index in [4.69, 9.17) is 9.84 Å². The van der Waals surface area contributed by atoms with E-state index in [1.807, 2.05) is 27.7 Å². The minimum Gasteiger partial charge on any atom is -0.459 e. The van der Waals surface area contributed by atoms with Gasteiger partial charge in [-0.1, -0.05) is 0 Å². The molecule has 0 aromatic rings. The Bertz CT molecular complexity index is 271. The fourth-order valence-corrected chi connectivity index (χ4v) is 2.40. The minimum atomic E-state index is -0.425. The quantitative estimate of drug-likeness (QED) is 0.780. The lowest BCUT2D eigenvalue weighted by Crippen LogP contribution is -2.47. The van der Waals surface area contributed by atoms with Crippen LogP contribution in [0.15, 0.2) is 0 Å². The van der Waals surface area contributed by atoms with Gasteiger partial charge in [0.1, 0.15) is 11.6 Å². The number of hydrogen-bond donors (Lipinski definition) is 1. The summed E-state index contributed by atoms with van der Waals surface area (Å²) in [6.07, 6.45) is 3.08. The second-order valence-electron chi connectivity index (χ2n) is 6.22. The maximum Gasteiger partial charge on any atom is 0.323 e. The third kappa shape index (κ3) is 4.94. The fourth-order valence-electron chi connectivity index (χ4n) is 2.40. The van der Waals surface area contributed by atoms with Gasteiger partial charge >= 0.3 is 5.97 Å². The van der Waals surface area contributed by atoms with Crippen LogP contribution in [0, 0.1) is 5.92 Å². The summed E-state index contributed by atoms with van der Waals surface area (Å²) in [5, 5.41) is 9.00. The van der Waals surface area contributed by atoms with E-state index in [0.717, 1.165) is 32.4 Å². The second-order valence-corrected chi connectivity index (χ2v) is 6.22. The predicted molar refractivity (Wildman–Crippen MR) is 71.3 cm³/mol. The Labute approximate surface area is 110 Å². The summed E-state index contributed by atoms with van der Waals surface area (Å²) < 4.78 is 5.42. The zero-order chi connectivity index (χ0) is 13.8. The van der Waals surface area contributed by atoms with Crippen molar-refractivity contribution in [1.82, 2.24) is 4.90 Å². The highest BCUT2D eigenvalue weighted by Crippen LogP contribution is 2.22. The number of nitrogens with zero attached hydrogens (tertiary/aromatic N) is 1. The lowest BCUT2D eigenvalue weighted by molar-refractivity contribution is -0.161. The first kappa shape index (κ1) is 15.4. The average Bonchev–Trinajstić information content (AvgIpc) is 2.26. The summed E-state index contributed by atoms with van der Waals surface area (Å²) in [5.41, 5.74) is -0.425. The molecule has 106 valence electrons. The molecule has 2 atom stereocenters. The molecule has 1 aliphatic heterocycles. The number of esters is 1. The standard InChI is InChI=1S/C14H27NO3/c1-11(13(17)18-14(2,3)4)15-8-5-6-12(10-15)7-9-16/h11-12,16H,5-10H2,1-4H3. The summed E-state index contributed by atoms with van der Waals surface area (Å²) >= 11 is 0. The number of hydrogen-bond acceptors (Lipinski definition) is 4. The monoisotopic (exact) mass is 257 g/mol. The maximum atomic E-state index is 12.0. The summed E-state index contributed by atoms with van der Waals surface area (Å²) in [7, 11) is 0. The Hall–Kier alpha value is -0.610. The van der Waals surface area contributed by atoms with Crippen LogP contribution in [0.1, 0.15) is 47.0 Å². The van der Waals surface area contributed by atoms with Gasteiger partial charge in [-0.2, -0.15) is 0 Å². The van der Waals surface area contributed by atoms with Crippen molar-refractivity contribution in [2.24, 2.45) is 5.92 Å². The van der Waals surface area contributed by atoms with E-state index < -0.39 is 5.60 Å². The molecule has 4 nitrogen and oxygen atoms in total. The van der Waals surface area contributed by atoms with Crippen molar-refractivity contribution < 1.29 is 14.6 Å². The lowest BCUT2D eigenvalue weighted by Gasteiger charge is -2.36. The van der Waals surface area contributed by atoms with Gasteiger partial charge in [0.2, 0.25) is 0 Å². The van der Waals surface area contributed by atoms with Crippen molar-refractivity contribution in [3.8, 4) is 0 Å². The highest BCUT2D eigenvalue weighted by atomic mass is 16.6. The van der Waals surface area contributed by atoms with Crippen LogP contribution in [0.2, 0.25) is 0 Å². The molecular weight excluding hydrogens is 230 g/mol. The number of aliphatic hydroxyl groups is 1. The van der Waals surface area contributed by atoms with Crippen LogP contribution in [0.5, 0.6) is 0 Å². The van der Waals surface area contributed by atoms with Crippen LogP contribution in [0.25, 0.3) is 0 Å². The summed E-state index contributed by atoms with van der Waals surface area (Å²) in [4.78, 5) is 14.2. The number of likely N-dealkylation sites (tertiary alicyclic amines) is 1. The zero-order valence-electron chi connectivity index (χ0n) is 12.1. The fraction of sp³-hybridized carbons (Fsp3) is 0.929. The first-order chi connectivity index (χ1) is 8.33. The van der Waals surface area contributed by atoms with Crippen LogP contribution in [-0.2, 0) is 9.53 Å². The Morgan fingerprint density at radius 1 is 1.50 bits per heavy atom. The number of carbonyl (C=O) groups excluding carboxylic acids is 1. The summed E-state index contributed by atoms with van der Waals surface area (Å²) in [6, 6.07) is -0.189. The summed E-state index contributed by atoms with van der Waals surface area (Å²) in [5.74, 6) is 0.362. The average molecular weight is 257 g/mol. The van der Waals surface area contributed by atoms with E-state index in [2.05, 4.69) is 4.90 Å². The molecule has 0 spiro atoms. The first-order valence-corrected chi connectivity index (χ1v) is 6.91. The molecule has 1 fully saturated rings. The van der Waals surface area contributed by atoms with E-state index in [-0.39, 0.29) is 18.6 Å². The highest BCUT2D eigenvalue weighted by Gasteiger charge is 2.30. The second kappa shape index (κ2) is 6.53. The third-order valence-corrected chi connectivity index (χ3v) is 3.38. The SMILES string of the molecule is CC(C(=O)OC(C)(C)C)N1CCCC(CCO)C1. The van der Waals surface area contributed by atoms with E-state index in [9.17, 15) is 4.79 Å². The highest BCUT2D eigenvalue weighted by molar-refractivity contribution is 5.75. The molecule has 0 aromatic carbocycles. The maximum absolute atomic E-state index is 12.0. The smallest absolute Gasteiger partial charge is 0.323 e. The van der Waals surface area contributed by atoms with Crippen molar-refractivity contribution in [2.45, 2.75) is 58.6 Å². The van der Waals surface area contributed by atoms with Gasteiger partial charge in [0.15, 0.2) is 0 Å². The van der Waals surface area contributed by atoms with Gasteiger partial charge in [-0.05, 0) is 59.4 Å². The third-order valence-electron chi connectivity index (χ3n) is 3.38. The van der Waals surface area contributed by atoms with Crippen LogP contribution < -0.4 is 0 Å². The predicted octanol–water partition coefficient (Wildman–Crippen LogP) is 1.81. The van der Waals surface area contributed by atoms with Crippen molar-refractivity contribution in [3.63, 3.8) is 0 Å². The van der Waals surface area contributed by atoms with Gasteiger partial charge < -0.3 is 9.84 Å². The molecule has 0 aliphatic carbocycles. The number of carbonyl (C=O) groups is 1. The number of ether oxygens (including phenoxy) is 1. The molecule has 0 amide bonds. The van der Waals surface area contributed by atoms with Gasteiger partial charge in [0.25, 0.3) is 0 Å². The Morgan fingerprint density at radius 3 is 2.72 bits per heavy atom. The van der Waals surface area contributed by atoms with E-state index >= 15 is 0 Å². The summed E-state index contributed by atoms with van der Waals surface area (Å²) in [6.45, 7) is 9.66. The van der Waals surface area contributed by atoms with E-state index in [1.54, 1.807) is 0 Å². The lowest BCUT2D eigenvalue weighted by atomic mass is 9.94. The number of piperidine rings is 1. The largest absolute Gasteiger partial charge is 0.459 e. The molecule has 1 N–H and O–H groups in total. The topological polar surface area (TPSA) is 49.8 Å². The van der Waals surface area contributed by atoms with Gasteiger partial charge in [-0.3, -0.25) is 9.69 Å². The zero-order valence-corrected chi connectivity index (χ0v) is 12.1. The molecular formula is C14H27NO3. The molecule has 18 heavy (non-hydrogen) atoms. The van der Waals surface area contributed by atoms with Crippen LogP contribution >= 0.6 is 0 Å². The molecule has 1 aliphatic rings. The number of rotatable bonds is 4. The van der Waals surface area contributed by atoms with Gasteiger partial charge in [0, 0.05) is 13.2 Å². The van der Waals surface area contributed by atoms with E-state index in [1.165, 1.54) is 0 Å². The molecule has 2 unspecified atom stereocenters. The number of aliphatic hydroxyl groups excluding tert-OH is 1.